The van der Waals surface area contributed by atoms with Gasteiger partial charge >= 0.3 is 0 Å². The van der Waals surface area contributed by atoms with Crippen molar-refractivity contribution in [3.05, 3.63) is 83.6 Å². The molecule has 0 spiro atoms. The first-order valence-electron chi connectivity index (χ1n) is 7.87. The SMILES string of the molecule is Cc1ccccc1N1c2ccccc2C=Cc2ccc[n+](C)c21. The van der Waals surface area contributed by atoms with Gasteiger partial charge in [-0.3, -0.25) is 0 Å². The summed E-state index contributed by atoms with van der Waals surface area (Å²) in [4.78, 5) is 2.36. The molecule has 3 aromatic rings. The average Bonchev–Trinajstić information content (AvgIpc) is 2.74. The van der Waals surface area contributed by atoms with Crippen molar-refractivity contribution in [3.63, 3.8) is 0 Å². The number of rotatable bonds is 1. The van der Waals surface area contributed by atoms with Gasteiger partial charge in [-0.05, 0) is 48.9 Å². The molecule has 2 nitrogen and oxygen atoms in total. The van der Waals surface area contributed by atoms with Crippen LogP contribution in [-0.4, -0.2) is 0 Å². The van der Waals surface area contributed by atoms with Crippen LogP contribution in [0.4, 0.5) is 17.2 Å². The van der Waals surface area contributed by atoms with Crippen molar-refractivity contribution in [2.24, 2.45) is 7.05 Å². The molecule has 0 aliphatic carbocycles. The van der Waals surface area contributed by atoms with E-state index in [9.17, 15) is 0 Å². The summed E-state index contributed by atoms with van der Waals surface area (Å²) in [5.74, 6) is 1.18. The van der Waals surface area contributed by atoms with E-state index >= 15 is 0 Å². The summed E-state index contributed by atoms with van der Waals surface area (Å²) in [7, 11) is 2.10. The summed E-state index contributed by atoms with van der Waals surface area (Å²) >= 11 is 0. The maximum absolute atomic E-state index is 2.36. The van der Waals surface area contributed by atoms with Crippen LogP contribution in [0.25, 0.3) is 12.2 Å². The van der Waals surface area contributed by atoms with Crippen LogP contribution in [0.3, 0.4) is 0 Å². The Labute approximate surface area is 136 Å². The van der Waals surface area contributed by atoms with Crippen molar-refractivity contribution in [1.29, 1.82) is 0 Å². The van der Waals surface area contributed by atoms with Crippen molar-refractivity contribution in [1.82, 2.24) is 0 Å². The molecular weight excluding hydrogens is 280 g/mol. The van der Waals surface area contributed by atoms with Gasteiger partial charge in [0.1, 0.15) is 11.4 Å². The molecule has 2 heterocycles. The van der Waals surface area contributed by atoms with Gasteiger partial charge in [-0.15, -0.1) is 0 Å². The highest BCUT2D eigenvalue weighted by Gasteiger charge is 2.30. The predicted molar refractivity (Wildman–Crippen MR) is 96.0 cm³/mol. The third-order valence-corrected chi connectivity index (χ3v) is 4.37. The third-order valence-electron chi connectivity index (χ3n) is 4.37. The van der Waals surface area contributed by atoms with E-state index < -0.39 is 0 Å². The molecule has 0 N–H and O–H groups in total. The van der Waals surface area contributed by atoms with Gasteiger partial charge in [0.05, 0.1) is 18.8 Å². The molecule has 23 heavy (non-hydrogen) atoms. The average molecular weight is 299 g/mol. The fourth-order valence-corrected chi connectivity index (χ4v) is 3.23. The minimum absolute atomic E-state index is 1.18. The Morgan fingerprint density at radius 2 is 1.39 bits per heavy atom. The molecule has 0 atom stereocenters. The molecule has 112 valence electrons. The summed E-state index contributed by atoms with van der Waals surface area (Å²) in [5, 5.41) is 0. The number of aromatic nitrogens is 1. The Balaban J connectivity index is 2.08. The van der Waals surface area contributed by atoms with E-state index in [2.05, 4.69) is 102 Å². The van der Waals surface area contributed by atoms with Crippen LogP contribution in [0.2, 0.25) is 0 Å². The first-order chi connectivity index (χ1) is 11.3. The highest BCUT2D eigenvalue weighted by molar-refractivity contribution is 5.91. The lowest BCUT2D eigenvalue weighted by atomic mass is 10.1. The number of fused-ring (bicyclic) bond motifs is 2. The van der Waals surface area contributed by atoms with Crippen molar-refractivity contribution >= 4 is 29.3 Å². The number of para-hydroxylation sites is 2. The molecule has 2 aromatic carbocycles. The molecule has 0 radical (unpaired) electrons. The standard InChI is InChI=1S/C21H19N2/c1-16-8-3-5-11-19(16)23-20-12-6-4-9-17(20)13-14-18-10-7-15-22(2)21(18)23/h3-15H,1-2H3/q+1. The zero-order valence-corrected chi connectivity index (χ0v) is 13.4. The van der Waals surface area contributed by atoms with Gasteiger partial charge in [0.25, 0.3) is 5.82 Å². The first kappa shape index (κ1) is 13.8. The lowest BCUT2D eigenvalue weighted by molar-refractivity contribution is -0.658. The molecule has 0 amide bonds. The molecule has 1 aromatic heterocycles. The van der Waals surface area contributed by atoms with Crippen molar-refractivity contribution < 1.29 is 4.57 Å². The predicted octanol–water partition coefficient (Wildman–Crippen LogP) is 4.77. The molecule has 2 heteroatoms. The number of nitrogens with zero attached hydrogens (tertiary/aromatic N) is 2. The minimum atomic E-state index is 1.18. The lowest BCUT2D eigenvalue weighted by Gasteiger charge is -2.21. The topological polar surface area (TPSA) is 7.12 Å². The molecule has 0 bridgehead atoms. The second kappa shape index (κ2) is 5.40. The summed E-state index contributed by atoms with van der Waals surface area (Å²) in [6.45, 7) is 2.17. The Kier molecular flexibility index (Phi) is 3.23. The summed E-state index contributed by atoms with van der Waals surface area (Å²) in [6.07, 6.45) is 6.50. The normalized spacial score (nSPS) is 12.5. The van der Waals surface area contributed by atoms with E-state index in [0.717, 1.165) is 0 Å². The van der Waals surface area contributed by atoms with E-state index in [1.165, 1.54) is 33.9 Å². The van der Waals surface area contributed by atoms with E-state index in [-0.39, 0.29) is 0 Å². The molecule has 4 rings (SSSR count). The van der Waals surface area contributed by atoms with Crippen molar-refractivity contribution in [2.75, 3.05) is 4.90 Å². The van der Waals surface area contributed by atoms with E-state index in [1.807, 2.05) is 0 Å². The molecule has 0 fully saturated rings. The molecule has 1 aliphatic rings. The maximum atomic E-state index is 2.36. The van der Waals surface area contributed by atoms with Crippen LogP contribution < -0.4 is 9.47 Å². The van der Waals surface area contributed by atoms with Gasteiger partial charge in [-0.1, -0.05) is 36.4 Å². The van der Waals surface area contributed by atoms with Crippen LogP contribution in [0.1, 0.15) is 16.7 Å². The molecular formula is C21H19N2+. The zero-order valence-electron chi connectivity index (χ0n) is 13.4. The second-order valence-corrected chi connectivity index (χ2v) is 5.91. The van der Waals surface area contributed by atoms with E-state index in [0.29, 0.717) is 0 Å². The second-order valence-electron chi connectivity index (χ2n) is 5.91. The van der Waals surface area contributed by atoms with Gasteiger partial charge in [-0.2, -0.15) is 4.90 Å². The van der Waals surface area contributed by atoms with Crippen LogP contribution >= 0.6 is 0 Å². The first-order valence-corrected chi connectivity index (χ1v) is 7.87. The number of hydrogen-bond donors (Lipinski definition) is 0. The van der Waals surface area contributed by atoms with Crippen LogP contribution in [0.15, 0.2) is 66.9 Å². The number of hydrogen-bond acceptors (Lipinski definition) is 1. The van der Waals surface area contributed by atoms with Crippen LogP contribution in [0.5, 0.6) is 0 Å². The largest absolute Gasteiger partial charge is 0.294 e. The zero-order chi connectivity index (χ0) is 15.8. The van der Waals surface area contributed by atoms with Crippen molar-refractivity contribution in [2.45, 2.75) is 6.92 Å². The summed E-state index contributed by atoms with van der Waals surface area (Å²) < 4.78 is 2.19. The monoisotopic (exact) mass is 299 g/mol. The molecule has 0 saturated carbocycles. The van der Waals surface area contributed by atoms with Gasteiger partial charge < -0.3 is 0 Å². The molecule has 1 aliphatic heterocycles. The van der Waals surface area contributed by atoms with Gasteiger partial charge in [-0.25, -0.2) is 4.57 Å². The number of pyridine rings is 1. The minimum Gasteiger partial charge on any atom is -0.236 e. The Morgan fingerprint density at radius 3 is 2.22 bits per heavy atom. The third kappa shape index (κ3) is 2.23. The highest BCUT2D eigenvalue weighted by atomic mass is 15.2. The van der Waals surface area contributed by atoms with E-state index in [4.69, 9.17) is 0 Å². The fraction of sp³-hybridized carbons (Fsp3) is 0.0952. The number of anilines is 3. The molecule has 0 unspecified atom stereocenters. The number of benzene rings is 2. The highest BCUT2D eigenvalue weighted by Crippen LogP contribution is 2.40. The van der Waals surface area contributed by atoms with Crippen LogP contribution in [0, 0.1) is 6.92 Å². The summed E-state index contributed by atoms with van der Waals surface area (Å²) in [6, 6.07) is 21.4. The lowest BCUT2D eigenvalue weighted by Crippen LogP contribution is -2.35. The Hall–Kier alpha value is -2.87. The molecule has 0 saturated heterocycles. The van der Waals surface area contributed by atoms with Crippen LogP contribution in [-0.2, 0) is 7.05 Å². The van der Waals surface area contributed by atoms with E-state index in [1.54, 1.807) is 0 Å². The summed E-state index contributed by atoms with van der Waals surface area (Å²) in [5.41, 5.74) is 6.13. The van der Waals surface area contributed by atoms with Gasteiger partial charge in [0, 0.05) is 5.56 Å². The Morgan fingerprint density at radius 1 is 0.739 bits per heavy atom. The Bertz CT molecular complexity index is 909. The maximum Gasteiger partial charge on any atom is 0.294 e. The van der Waals surface area contributed by atoms with Gasteiger partial charge in [0.2, 0.25) is 0 Å². The smallest absolute Gasteiger partial charge is 0.236 e. The van der Waals surface area contributed by atoms with Gasteiger partial charge in [0.15, 0.2) is 0 Å². The van der Waals surface area contributed by atoms with Crippen molar-refractivity contribution in [3.8, 4) is 0 Å². The fourth-order valence-electron chi connectivity index (χ4n) is 3.23. The quantitative estimate of drug-likeness (QED) is 0.459. The number of aryl methyl sites for hydroxylation is 2.